The van der Waals surface area contributed by atoms with Gasteiger partial charge in [0.15, 0.2) is 5.69 Å². The van der Waals surface area contributed by atoms with E-state index in [0.29, 0.717) is 17.0 Å². The van der Waals surface area contributed by atoms with Crippen LogP contribution in [0.5, 0.6) is 5.75 Å². The molecule has 0 aliphatic heterocycles. The van der Waals surface area contributed by atoms with E-state index in [0.717, 1.165) is 5.69 Å². The Morgan fingerprint density at radius 3 is 2.56 bits per heavy atom. The second-order valence-electron chi connectivity index (χ2n) is 5.30. The number of hydrogen-bond acceptors (Lipinski definition) is 5. The van der Waals surface area contributed by atoms with Gasteiger partial charge in [0, 0.05) is 5.56 Å². The van der Waals surface area contributed by atoms with Crippen LogP contribution in [0.1, 0.15) is 21.7 Å². The summed E-state index contributed by atoms with van der Waals surface area (Å²) in [6.07, 6.45) is 0. The van der Waals surface area contributed by atoms with Crippen molar-refractivity contribution in [2.45, 2.75) is 13.5 Å². The van der Waals surface area contributed by atoms with Crippen LogP contribution in [0.3, 0.4) is 0 Å². The van der Waals surface area contributed by atoms with Gasteiger partial charge in [-0.3, -0.25) is 0 Å². The quantitative estimate of drug-likeness (QED) is 0.667. The predicted molar refractivity (Wildman–Crippen MR) is 88.2 cm³/mol. The van der Waals surface area contributed by atoms with Gasteiger partial charge < -0.3 is 9.47 Å². The van der Waals surface area contributed by atoms with Crippen molar-refractivity contribution in [1.29, 1.82) is 0 Å². The molecule has 0 bridgehead atoms. The number of methoxy groups -OCH3 is 1. The second-order valence-corrected chi connectivity index (χ2v) is 5.30. The molecule has 3 rings (SSSR count). The maximum Gasteiger partial charge on any atom is 0.361 e. The predicted octanol–water partition coefficient (Wildman–Crippen LogP) is 3.08. The molecule has 0 atom stereocenters. The summed E-state index contributed by atoms with van der Waals surface area (Å²) in [5.41, 5.74) is 1.66. The lowest BCUT2D eigenvalue weighted by Crippen LogP contribution is -2.09. The number of hydrogen-bond donors (Lipinski definition) is 0. The highest BCUT2D eigenvalue weighted by Crippen LogP contribution is 2.17. The van der Waals surface area contributed by atoms with Gasteiger partial charge in [0.25, 0.3) is 0 Å². The van der Waals surface area contributed by atoms with Crippen LogP contribution in [-0.4, -0.2) is 28.1 Å². The Labute approximate surface area is 143 Å². The molecule has 0 saturated heterocycles. The van der Waals surface area contributed by atoms with Crippen molar-refractivity contribution in [1.82, 2.24) is 15.0 Å². The van der Waals surface area contributed by atoms with Gasteiger partial charge in [0.2, 0.25) is 0 Å². The lowest BCUT2D eigenvalue weighted by molar-refractivity contribution is 0.0461. The van der Waals surface area contributed by atoms with Crippen LogP contribution in [0.4, 0.5) is 4.39 Å². The van der Waals surface area contributed by atoms with Gasteiger partial charge in [0.05, 0.1) is 18.5 Å². The van der Waals surface area contributed by atoms with E-state index in [4.69, 9.17) is 9.47 Å². The second kappa shape index (κ2) is 7.12. The van der Waals surface area contributed by atoms with Crippen LogP contribution in [0.25, 0.3) is 5.69 Å². The van der Waals surface area contributed by atoms with Crippen LogP contribution in [0, 0.1) is 12.7 Å². The average molecular weight is 341 g/mol. The molecule has 128 valence electrons. The molecule has 7 heteroatoms. The van der Waals surface area contributed by atoms with E-state index in [9.17, 15) is 9.18 Å². The molecular formula is C18H16FN3O3. The molecule has 0 amide bonds. The Balaban J connectivity index is 1.75. The van der Waals surface area contributed by atoms with Crippen molar-refractivity contribution in [3.05, 3.63) is 71.3 Å². The van der Waals surface area contributed by atoms with Crippen LogP contribution in [0.15, 0.2) is 48.5 Å². The molecule has 0 radical (unpaired) electrons. The summed E-state index contributed by atoms with van der Waals surface area (Å²) in [5.74, 6) is -0.361. The summed E-state index contributed by atoms with van der Waals surface area (Å²) < 4.78 is 25.4. The van der Waals surface area contributed by atoms with Gasteiger partial charge in [-0.05, 0) is 37.3 Å². The molecule has 0 unspecified atom stereocenters. The SMILES string of the molecule is COc1ccc(-n2nnc(C(=O)OCc3ccccc3F)c2C)cc1. The smallest absolute Gasteiger partial charge is 0.361 e. The summed E-state index contributed by atoms with van der Waals surface area (Å²) in [6.45, 7) is 1.55. The summed E-state index contributed by atoms with van der Waals surface area (Å²) in [4.78, 5) is 12.2. The minimum Gasteiger partial charge on any atom is -0.497 e. The third-order valence-electron chi connectivity index (χ3n) is 3.72. The first-order chi connectivity index (χ1) is 12.1. The van der Waals surface area contributed by atoms with E-state index >= 15 is 0 Å². The lowest BCUT2D eigenvalue weighted by Gasteiger charge is -2.06. The fraction of sp³-hybridized carbons (Fsp3) is 0.167. The number of carbonyl (C=O) groups excluding carboxylic acids is 1. The summed E-state index contributed by atoms with van der Waals surface area (Å²) in [5, 5.41) is 7.87. The lowest BCUT2D eigenvalue weighted by atomic mass is 10.2. The average Bonchev–Trinajstić information content (AvgIpc) is 3.02. The zero-order valence-corrected chi connectivity index (χ0v) is 13.8. The molecule has 0 spiro atoms. The highest BCUT2D eigenvalue weighted by atomic mass is 19.1. The van der Waals surface area contributed by atoms with Crippen molar-refractivity contribution >= 4 is 5.97 Å². The number of aromatic nitrogens is 3. The summed E-state index contributed by atoms with van der Waals surface area (Å²) in [6, 6.07) is 13.3. The molecule has 1 heterocycles. The number of rotatable bonds is 5. The van der Waals surface area contributed by atoms with Gasteiger partial charge in [-0.15, -0.1) is 5.10 Å². The number of halogens is 1. The Morgan fingerprint density at radius 1 is 1.16 bits per heavy atom. The third-order valence-corrected chi connectivity index (χ3v) is 3.72. The number of nitrogens with zero attached hydrogens (tertiary/aromatic N) is 3. The Morgan fingerprint density at radius 2 is 1.88 bits per heavy atom. The van der Waals surface area contributed by atoms with Gasteiger partial charge in [-0.25, -0.2) is 13.9 Å². The molecule has 0 saturated carbocycles. The van der Waals surface area contributed by atoms with Crippen LogP contribution >= 0.6 is 0 Å². The molecule has 6 nitrogen and oxygen atoms in total. The van der Waals surface area contributed by atoms with Crippen LogP contribution < -0.4 is 4.74 Å². The maximum absolute atomic E-state index is 13.6. The minimum atomic E-state index is -0.652. The van der Waals surface area contributed by atoms with Crippen molar-refractivity contribution in [3.8, 4) is 11.4 Å². The fourth-order valence-corrected chi connectivity index (χ4v) is 2.31. The van der Waals surface area contributed by atoms with Crippen molar-refractivity contribution in [3.63, 3.8) is 0 Å². The third kappa shape index (κ3) is 3.50. The largest absolute Gasteiger partial charge is 0.497 e. The molecule has 0 aliphatic carbocycles. The minimum absolute atomic E-state index is 0.0900. The van der Waals surface area contributed by atoms with Gasteiger partial charge in [-0.2, -0.15) is 0 Å². The highest BCUT2D eigenvalue weighted by molar-refractivity contribution is 5.88. The Bertz CT molecular complexity index is 891. The van der Waals surface area contributed by atoms with E-state index < -0.39 is 11.8 Å². The van der Waals surface area contributed by atoms with E-state index in [1.165, 1.54) is 10.7 Å². The van der Waals surface area contributed by atoms with E-state index in [1.807, 2.05) is 0 Å². The Kier molecular flexibility index (Phi) is 4.74. The molecule has 1 aromatic heterocycles. The molecule has 2 aromatic carbocycles. The monoisotopic (exact) mass is 341 g/mol. The van der Waals surface area contributed by atoms with Crippen molar-refractivity contribution in [2.75, 3.05) is 7.11 Å². The first kappa shape index (κ1) is 16.6. The van der Waals surface area contributed by atoms with Crippen LogP contribution in [-0.2, 0) is 11.3 Å². The van der Waals surface area contributed by atoms with E-state index in [2.05, 4.69) is 10.3 Å². The van der Waals surface area contributed by atoms with E-state index in [1.54, 1.807) is 56.5 Å². The topological polar surface area (TPSA) is 66.2 Å². The van der Waals surface area contributed by atoms with Gasteiger partial charge >= 0.3 is 5.97 Å². The summed E-state index contributed by atoms with van der Waals surface area (Å²) in [7, 11) is 1.58. The number of esters is 1. The number of benzene rings is 2. The molecule has 0 fully saturated rings. The maximum atomic E-state index is 13.6. The zero-order chi connectivity index (χ0) is 17.8. The Hall–Kier alpha value is -3.22. The molecule has 0 N–H and O–H groups in total. The van der Waals surface area contributed by atoms with E-state index in [-0.39, 0.29) is 12.3 Å². The van der Waals surface area contributed by atoms with Gasteiger partial charge in [0.1, 0.15) is 18.2 Å². The molecule has 0 aliphatic rings. The molecule has 25 heavy (non-hydrogen) atoms. The molecular weight excluding hydrogens is 325 g/mol. The highest BCUT2D eigenvalue weighted by Gasteiger charge is 2.19. The van der Waals surface area contributed by atoms with Crippen LogP contribution in [0.2, 0.25) is 0 Å². The van der Waals surface area contributed by atoms with Crippen molar-refractivity contribution in [2.24, 2.45) is 0 Å². The fourth-order valence-electron chi connectivity index (χ4n) is 2.31. The first-order valence-corrected chi connectivity index (χ1v) is 7.57. The van der Waals surface area contributed by atoms with Gasteiger partial charge in [-0.1, -0.05) is 23.4 Å². The standard InChI is InChI=1S/C18H16FN3O3/c1-12-17(18(23)25-11-13-5-3-4-6-16(13)19)20-21-22(12)14-7-9-15(24-2)10-8-14/h3-10H,11H2,1-2H3. The van der Waals surface area contributed by atoms with Crippen molar-refractivity contribution < 1.29 is 18.7 Å². The number of carbonyl (C=O) groups is 1. The zero-order valence-electron chi connectivity index (χ0n) is 13.8. The summed E-state index contributed by atoms with van der Waals surface area (Å²) >= 11 is 0. The first-order valence-electron chi connectivity index (χ1n) is 7.57. The normalized spacial score (nSPS) is 10.5. The molecule has 3 aromatic rings. The number of ether oxygens (including phenoxy) is 2.